The molecule has 0 saturated carbocycles. The van der Waals surface area contributed by atoms with E-state index in [4.69, 9.17) is 0 Å². The van der Waals surface area contributed by atoms with Crippen molar-refractivity contribution in [3.8, 4) is 5.69 Å². The van der Waals surface area contributed by atoms with Gasteiger partial charge in [-0.3, -0.25) is 4.79 Å². The Morgan fingerprint density at radius 3 is 2.12 bits per heavy atom. The Morgan fingerprint density at radius 1 is 0.875 bits per heavy atom. The average Bonchev–Trinajstić information content (AvgIpc) is 3.09. The van der Waals surface area contributed by atoms with Crippen LogP contribution < -0.4 is 5.32 Å². The van der Waals surface area contributed by atoms with Crippen molar-refractivity contribution >= 4 is 11.6 Å². The number of alkyl halides is 3. The van der Waals surface area contributed by atoms with Crippen LogP contribution in [0.25, 0.3) is 5.69 Å². The Labute approximate surface area is 136 Å². The average molecular weight is 330 g/mol. The Bertz CT molecular complexity index is 837. The monoisotopic (exact) mass is 330 g/mol. The van der Waals surface area contributed by atoms with E-state index in [0.29, 0.717) is 0 Å². The lowest BCUT2D eigenvalue weighted by Gasteiger charge is -2.13. The summed E-state index contributed by atoms with van der Waals surface area (Å²) in [6.07, 6.45) is -0.814. The number of anilines is 1. The van der Waals surface area contributed by atoms with Crippen LogP contribution in [0.2, 0.25) is 0 Å². The molecule has 0 fully saturated rings. The Balaban J connectivity index is 1.81. The zero-order valence-electron chi connectivity index (χ0n) is 12.4. The Kier molecular flexibility index (Phi) is 4.12. The van der Waals surface area contributed by atoms with Crippen LogP contribution in [0.4, 0.5) is 18.9 Å². The maximum Gasteiger partial charge on any atom is 0.418 e. The summed E-state index contributed by atoms with van der Waals surface area (Å²) in [5, 5.41) is 2.32. The Hall–Kier alpha value is -3.02. The van der Waals surface area contributed by atoms with Crippen LogP contribution in [-0.4, -0.2) is 10.5 Å². The number of hydrogen-bond donors (Lipinski definition) is 1. The predicted octanol–water partition coefficient (Wildman–Crippen LogP) is 4.75. The first-order valence-corrected chi connectivity index (χ1v) is 7.16. The molecule has 122 valence electrons. The lowest BCUT2D eigenvalue weighted by Crippen LogP contribution is -2.16. The molecule has 3 aromatic rings. The molecule has 2 aromatic carbocycles. The first kappa shape index (κ1) is 15.9. The second kappa shape index (κ2) is 6.23. The number of rotatable bonds is 3. The van der Waals surface area contributed by atoms with Gasteiger partial charge in [0.05, 0.1) is 11.3 Å². The molecule has 0 spiro atoms. The van der Waals surface area contributed by atoms with Crippen LogP contribution in [0.3, 0.4) is 0 Å². The second-order valence-corrected chi connectivity index (χ2v) is 5.13. The van der Waals surface area contributed by atoms with E-state index < -0.39 is 17.6 Å². The SMILES string of the molecule is O=C(Nc1ccccc1C(F)(F)F)c1ccc(-n2cccc2)cc1. The van der Waals surface area contributed by atoms with Gasteiger partial charge in [0.1, 0.15) is 0 Å². The molecule has 3 nitrogen and oxygen atoms in total. The van der Waals surface area contributed by atoms with Crippen LogP contribution in [0.1, 0.15) is 15.9 Å². The third kappa shape index (κ3) is 3.32. The van der Waals surface area contributed by atoms with Crippen LogP contribution in [-0.2, 0) is 6.18 Å². The highest BCUT2D eigenvalue weighted by Crippen LogP contribution is 2.34. The van der Waals surface area contributed by atoms with Gasteiger partial charge >= 0.3 is 6.18 Å². The fourth-order valence-electron chi connectivity index (χ4n) is 2.33. The number of halogens is 3. The minimum absolute atomic E-state index is 0.260. The summed E-state index contributed by atoms with van der Waals surface area (Å²) in [6.45, 7) is 0. The van der Waals surface area contributed by atoms with Crippen molar-refractivity contribution in [1.29, 1.82) is 0 Å². The topological polar surface area (TPSA) is 34.0 Å². The fourth-order valence-corrected chi connectivity index (χ4v) is 2.33. The van der Waals surface area contributed by atoms with E-state index in [2.05, 4.69) is 5.32 Å². The van der Waals surface area contributed by atoms with Gasteiger partial charge in [-0.25, -0.2) is 0 Å². The molecule has 0 atom stereocenters. The highest BCUT2D eigenvalue weighted by molar-refractivity contribution is 6.04. The fraction of sp³-hybridized carbons (Fsp3) is 0.0556. The summed E-state index contributed by atoms with van der Waals surface area (Å²) in [5.41, 5.74) is 0.00178. The molecule has 0 saturated heterocycles. The van der Waals surface area contributed by atoms with Crippen molar-refractivity contribution in [2.45, 2.75) is 6.18 Å². The number of nitrogens with one attached hydrogen (secondary N) is 1. The zero-order valence-corrected chi connectivity index (χ0v) is 12.4. The number of amides is 1. The van der Waals surface area contributed by atoms with E-state index >= 15 is 0 Å². The maximum absolute atomic E-state index is 13.0. The number of benzene rings is 2. The van der Waals surface area contributed by atoms with Gasteiger partial charge in [-0.05, 0) is 48.5 Å². The van der Waals surface area contributed by atoms with Crippen molar-refractivity contribution in [1.82, 2.24) is 4.57 Å². The van der Waals surface area contributed by atoms with E-state index in [-0.39, 0.29) is 11.3 Å². The number of para-hydroxylation sites is 1. The zero-order chi connectivity index (χ0) is 17.2. The summed E-state index contributed by atoms with van der Waals surface area (Å²) in [5.74, 6) is -0.592. The van der Waals surface area contributed by atoms with Gasteiger partial charge in [0, 0.05) is 23.6 Å². The molecular formula is C18H13F3N2O. The summed E-state index contributed by atoms with van der Waals surface area (Å²) >= 11 is 0. The first-order chi connectivity index (χ1) is 11.4. The Morgan fingerprint density at radius 2 is 1.50 bits per heavy atom. The van der Waals surface area contributed by atoms with Crippen LogP contribution in [0.15, 0.2) is 73.1 Å². The molecule has 0 bridgehead atoms. The lowest BCUT2D eigenvalue weighted by atomic mass is 10.1. The molecule has 1 heterocycles. The highest BCUT2D eigenvalue weighted by atomic mass is 19.4. The number of aromatic nitrogens is 1. The molecule has 1 aromatic heterocycles. The smallest absolute Gasteiger partial charge is 0.324 e. The lowest BCUT2D eigenvalue weighted by molar-refractivity contribution is -0.136. The van der Waals surface area contributed by atoms with Crippen molar-refractivity contribution in [2.75, 3.05) is 5.32 Å². The predicted molar refractivity (Wildman–Crippen MR) is 85.2 cm³/mol. The number of nitrogens with zero attached hydrogens (tertiary/aromatic N) is 1. The van der Waals surface area contributed by atoms with Gasteiger partial charge in [0.2, 0.25) is 0 Å². The third-order valence-corrected chi connectivity index (χ3v) is 3.51. The molecule has 0 aliphatic heterocycles. The first-order valence-electron chi connectivity index (χ1n) is 7.16. The molecule has 1 amide bonds. The minimum Gasteiger partial charge on any atom is -0.324 e. The molecule has 24 heavy (non-hydrogen) atoms. The minimum atomic E-state index is -4.53. The van der Waals surface area contributed by atoms with Gasteiger partial charge in [-0.15, -0.1) is 0 Å². The largest absolute Gasteiger partial charge is 0.418 e. The summed E-state index contributed by atoms with van der Waals surface area (Å²) in [6, 6.07) is 15.2. The van der Waals surface area contributed by atoms with Crippen molar-refractivity contribution < 1.29 is 18.0 Å². The molecule has 1 N–H and O–H groups in total. The second-order valence-electron chi connectivity index (χ2n) is 5.13. The van der Waals surface area contributed by atoms with Gasteiger partial charge in [-0.2, -0.15) is 13.2 Å². The van der Waals surface area contributed by atoms with Crippen molar-refractivity contribution in [2.24, 2.45) is 0 Å². The molecule has 6 heteroatoms. The van der Waals surface area contributed by atoms with Crippen LogP contribution in [0, 0.1) is 0 Å². The van der Waals surface area contributed by atoms with Crippen LogP contribution >= 0.6 is 0 Å². The van der Waals surface area contributed by atoms with E-state index in [1.54, 1.807) is 24.3 Å². The van der Waals surface area contributed by atoms with E-state index in [0.717, 1.165) is 11.8 Å². The van der Waals surface area contributed by atoms with E-state index in [9.17, 15) is 18.0 Å². The molecule has 3 rings (SSSR count). The molecule has 0 aliphatic carbocycles. The van der Waals surface area contributed by atoms with E-state index in [1.807, 2.05) is 29.1 Å². The number of hydrogen-bond acceptors (Lipinski definition) is 1. The molecular weight excluding hydrogens is 317 g/mol. The summed E-state index contributed by atoms with van der Waals surface area (Å²) in [4.78, 5) is 12.2. The third-order valence-electron chi connectivity index (χ3n) is 3.51. The number of carbonyl (C=O) groups is 1. The van der Waals surface area contributed by atoms with Crippen molar-refractivity contribution in [3.05, 3.63) is 84.2 Å². The standard InChI is InChI=1S/C18H13F3N2O/c19-18(20,21)15-5-1-2-6-16(15)22-17(24)13-7-9-14(10-8-13)23-11-3-4-12-23/h1-12H,(H,22,24). The highest BCUT2D eigenvalue weighted by Gasteiger charge is 2.33. The van der Waals surface area contributed by atoms with Gasteiger partial charge in [-0.1, -0.05) is 12.1 Å². The normalized spacial score (nSPS) is 11.3. The molecule has 0 unspecified atom stereocenters. The summed E-state index contributed by atoms with van der Waals surface area (Å²) < 4.78 is 40.7. The maximum atomic E-state index is 13.0. The number of carbonyl (C=O) groups excluding carboxylic acids is 1. The molecule has 0 aliphatic rings. The molecule has 0 radical (unpaired) electrons. The van der Waals surface area contributed by atoms with Gasteiger partial charge in [0.25, 0.3) is 5.91 Å². The van der Waals surface area contributed by atoms with Gasteiger partial charge in [0.15, 0.2) is 0 Å². The van der Waals surface area contributed by atoms with E-state index in [1.165, 1.54) is 18.2 Å². The van der Waals surface area contributed by atoms with Crippen molar-refractivity contribution in [3.63, 3.8) is 0 Å². The van der Waals surface area contributed by atoms with Crippen LogP contribution in [0.5, 0.6) is 0 Å². The quantitative estimate of drug-likeness (QED) is 0.739. The summed E-state index contributed by atoms with van der Waals surface area (Å²) in [7, 11) is 0. The van der Waals surface area contributed by atoms with Gasteiger partial charge < -0.3 is 9.88 Å².